The third-order valence-corrected chi connectivity index (χ3v) is 3.71. The lowest BCUT2D eigenvalue weighted by Crippen LogP contribution is -2.05. The van der Waals surface area contributed by atoms with Crippen molar-refractivity contribution < 1.29 is 0 Å². The van der Waals surface area contributed by atoms with Crippen LogP contribution in [0.1, 0.15) is 16.7 Å². The first-order chi connectivity index (χ1) is 9.78. The van der Waals surface area contributed by atoms with Crippen LogP contribution in [-0.4, -0.2) is 11.6 Å². The Morgan fingerprint density at radius 3 is 2.70 bits per heavy atom. The molecule has 3 rings (SSSR count). The topological polar surface area (TPSA) is 17.0 Å². The number of fused-ring (bicyclic) bond motifs is 1. The lowest BCUT2D eigenvalue weighted by atomic mass is 10.1. The Labute approximate surface area is 120 Å². The maximum atomic E-state index is 3.23. The van der Waals surface area contributed by atoms with Gasteiger partial charge in [-0.3, -0.25) is 0 Å². The highest BCUT2D eigenvalue weighted by Crippen LogP contribution is 2.21. The van der Waals surface area contributed by atoms with Gasteiger partial charge in [-0.15, -0.1) is 0 Å². The van der Waals surface area contributed by atoms with E-state index in [-0.39, 0.29) is 0 Å². The van der Waals surface area contributed by atoms with E-state index in [1.54, 1.807) is 0 Å². The Hall–Kier alpha value is -2.06. The molecule has 0 aliphatic heterocycles. The smallest absolute Gasteiger partial charge is 0.0486 e. The van der Waals surface area contributed by atoms with E-state index in [4.69, 9.17) is 0 Å². The zero-order valence-electron chi connectivity index (χ0n) is 12.1. The Balaban J connectivity index is 1.98. The van der Waals surface area contributed by atoms with Crippen molar-refractivity contribution in [2.24, 2.45) is 0 Å². The summed E-state index contributed by atoms with van der Waals surface area (Å²) in [4.78, 5) is 0. The minimum absolute atomic E-state index is 0.909. The van der Waals surface area contributed by atoms with Gasteiger partial charge in [-0.25, -0.2) is 0 Å². The summed E-state index contributed by atoms with van der Waals surface area (Å²) in [5, 5.41) is 4.58. The highest BCUT2D eigenvalue weighted by Gasteiger charge is 2.05. The quantitative estimate of drug-likeness (QED) is 0.760. The molecule has 1 aromatic heterocycles. The van der Waals surface area contributed by atoms with Crippen molar-refractivity contribution in [3.05, 3.63) is 71.4 Å². The minimum atomic E-state index is 0.909. The molecule has 0 fully saturated rings. The van der Waals surface area contributed by atoms with Crippen molar-refractivity contribution in [1.29, 1.82) is 0 Å². The number of nitrogens with zero attached hydrogens (tertiary/aromatic N) is 1. The molecule has 0 saturated carbocycles. The van der Waals surface area contributed by atoms with E-state index in [1.165, 1.54) is 27.6 Å². The standard InChI is InChI=1S/C18H20N2/c1-14-5-3-6-15(11-14)13-20-10-9-17-16(12-19-2)7-4-8-18(17)20/h3-11,19H,12-13H2,1-2H3. The fourth-order valence-electron chi connectivity index (χ4n) is 2.78. The van der Waals surface area contributed by atoms with Gasteiger partial charge in [0.1, 0.15) is 0 Å². The summed E-state index contributed by atoms with van der Waals surface area (Å²) in [6.45, 7) is 3.97. The van der Waals surface area contributed by atoms with Gasteiger partial charge in [0.25, 0.3) is 0 Å². The molecule has 102 valence electrons. The van der Waals surface area contributed by atoms with Gasteiger partial charge < -0.3 is 9.88 Å². The summed E-state index contributed by atoms with van der Waals surface area (Å²) < 4.78 is 2.32. The molecule has 0 radical (unpaired) electrons. The van der Waals surface area contributed by atoms with Gasteiger partial charge in [-0.1, -0.05) is 42.0 Å². The lowest BCUT2D eigenvalue weighted by Gasteiger charge is -2.08. The van der Waals surface area contributed by atoms with Gasteiger partial charge in [0, 0.05) is 30.2 Å². The van der Waals surface area contributed by atoms with Gasteiger partial charge in [0.2, 0.25) is 0 Å². The fraction of sp³-hybridized carbons (Fsp3) is 0.222. The summed E-state index contributed by atoms with van der Waals surface area (Å²) >= 11 is 0. The minimum Gasteiger partial charge on any atom is -0.343 e. The van der Waals surface area contributed by atoms with Crippen LogP contribution in [0.15, 0.2) is 54.7 Å². The number of hydrogen-bond acceptors (Lipinski definition) is 1. The molecule has 0 atom stereocenters. The molecule has 1 N–H and O–H groups in total. The van der Waals surface area contributed by atoms with Gasteiger partial charge in [0.15, 0.2) is 0 Å². The van der Waals surface area contributed by atoms with E-state index in [2.05, 4.69) is 71.5 Å². The van der Waals surface area contributed by atoms with E-state index in [0.29, 0.717) is 0 Å². The van der Waals surface area contributed by atoms with Crippen LogP contribution in [0, 0.1) is 6.92 Å². The van der Waals surface area contributed by atoms with Crippen molar-refractivity contribution in [2.45, 2.75) is 20.0 Å². The van der Waals surface area contributed by atoms with Crippen LogP contribution in [0.5, 0.6) is 0 Å². The van der Waals surface area contributed by atoms with Gasteiger partial charge in [-0.2, -0.15) is 0 Å². The lowest BCUT2D eigenvalue weighted by molar-refractivity contribution is 0.821. The van der Waals surface area contributed by atoms with Crippen molar-refractivity contribution in [2.75, 3.05) is 7.05 Å². The SMILES string of the molecule is CNCc1cccc2c1ccn2Cc1cccc(C)c1. The molecule has 0 aliphatic carbocycles. The van der Waals surface area contributed by atoms with E-state index >= 15 is 0 Å². The molecular weight excluding hydrogens is 244 g/mol. The monoisotopic (exact) mass is 264 g/mol. The van der Waals surface area contributed by atoms with E-state index < -0.39 is 0 Å². The summed E-state index contributed by atoms with van der Waals surface area (Å²) in [5.74, 6) is 0. The van der Waals surface area contributed by atoms with Crippen LogP contribution in [0.25, 0.3) is 10.9 Å². The number of hydrogen-bond donors (Lipinski definition) is 1. The van der Waals surface area contributed by atoms with E-state index in [9.17, 15) is 0 Å². The van der Waals surface area contributed by atoms with Gasteiger partial charge in [-0.05, 0) is 37.2 Å². The molecule has 0 spiro atoms. The van der Waals surface area contributed by atoms with Crippen LogP contribution in [0.2, 0.25) is 0 Å². The maximum Gasteiger partial charge on any atom is 0.0486 e. The van der Waals surface area contributed by atoms with Crippen LogP contribution >= 0.6 is 0 Å². The molecule has 0 bridgehead atoms. The van der Waals surface area contributed by atoms with E-state index in [1.807, 2.05) is 7.05 Å². The Morgan fingerprint density at radius 1 is 1.05 bits per heavy atom. The van der Waals surface area contributed by atoms with Gasteiger partial charge >= 0.3 is 0 Å². The number of benzene rings is 2. The van der Waals surface area contributed by atoms with Gasteiger partial charge in [0.05, 0.1) is 0 Å². The first-order valence-corrected chi connectivity index (χ1v) is 7.05. The largest absolute Gasteiger partial charge is 0.343 e. The molecular formula is C18H20N2. The van der Waals surface area contributed by atoms with Crippen LogP contribution in [0.4, 0.5) is 0 Å². The van der Waals surface area contributed by atoms with Crippen LogP contribution in [-0.2, 0) is 13.1 Å². The average molecular weight is 264 g/mol. The molecule has 2 aromatic carbocycles. The number of rotatable bonds is 4. The highest BCUT2D eigenvalue weighted by atomic mass is 15.0. The highest BCUT2D eigenvalue weighted by molar-refractivity contribution is 5.83. The summed E-state index contributed by atoms with van der Waals surface area (Å²) in [5.41, 5.74) is 5.32. The summed E-state index contributed by atoms with van der Waals surface area (Å²) in [6.07, 6.45) is 2.19. The number of aromatic nitrogens is 1. The normalized spacial score (nSPS) is 11.1. The molecule has 0 aliphatic rings. The third-order valence-electron chi connectivity index (χ3n) is 3.71. The second-order valence-electron chi connectivity index (χ2n) is 5.31. The molecule has 0 saturated heterocycles. The van der Waals surface area contributed by atoms with Crippen LogP contribution in [0.3, 0.4) is 0 Å². The van der Waals surface area contributed by atoms with Crippen molar-refractivity contribution in [3.63, 3.8) is 0 Å². The maximum absolute atomic E-state index is 3.23. The number of aryl methyl sites for hydroxylation is 1. The molecule has 20 heavy (non-hydrogen) atoms. The molecule has 1 heterocycles. The molecule has 0 unspecified atom stereocenters. The van der Waals surface area contributed by atoms with Crippen LogP contribution < -0.4 is 5.32 Å². The van der Waals surface area contributed by atoms with Crippen molar-refractivity contribution >= 4 is 10.9 Å². The fourth-order valence-corrected chi connectivity index (χ4v) is 2.78. The first kappa shape index (κ1) is 12.9. The number of nitrogens with one attached hydrogen (secondary N) is 1. The molecule has 0 amide bonds. The molecule has 2 nitrogen and oxygen atoms in total. The summed E-state index contributed by atoms with van der Waals surface area (Å²) in [7, 11) is 1.99. The predicted molar refractivity (Wildman–Crippen MR) is 85.0 cm³/mol. The van der Waals surface area contributed by atoms with Crippen molar-refractivity contribution in [1.82, 2.24) is 9.88 Å². The third kappa shape index (κ3) is 2.47. The molecule has 2 heteroatoms. The Kier molecular flexibility index (Phi) is 3.57. The second kappa shape index (κ2) is 5.51. The van der Waals surface area contributed by atoms with E-state index in [0.717, 1.165) is 13.1 Å². The predicted octanol–water partition coefficient (Wildman–Crippen LogP) is 3.72. The molecule has 3 aromatic rings. The zero-order chi connectivity index (χ0) is 13.9. The Bertz CT molecular complexity index is 725. The van der Waals surface area contributed by atoms with Crippen molar-refractivity contribution in [3.8, 4) is 0 Å². The summed E-state index contributed by atoms with van der Waals surface area (Å²) in [6, 6.07) is 17.5. The average Bonchev–Trinajstić information content (AvgIpc) is 2.84. The zero-order valence-corrected chi connectivity index (χ0v) is 12.1. The Morgan fingerprint density at radius 2 is 1.90 bits per heavy atom. The first-order valence-electron chi connectivity index (χ1n) is 7.05. The second-order valence-corrected chi connectivity index (χ2v) is 5.31.